The Kier molecular flexibility index (Phi) is 7.90. The Morgan fingerprint density at radius 3 is 2.59 bits per heavy atom. The number of carbonyl (C=O) groups is 2. The Morgan fingerprint density at radius 2 is 1.85 bits per heavy atom. The number of thiazole rings is 1. The zero-order chi connectivity index (χ0) is 23.9. The lowest BCUT2D eigenvalue weighted by atomic mass is 9.84. The lowest BCUT2D eigenvalue weighted by Gasteiger charge is -2.23. The summed E-state index contributed by atoms with van der Waals surface area (Å²) in [6.45, 7) is 0.560. The molecule has 34 heavy (non-hydrogen) atoms. The topological polar surface area (TPSA) is 94.1 Å². The molecule has 0 saturated heterocycles. The minimum Gasteiger partial charge on any atom is -0.550 e. The Bertz CT molecular complexity index is 1140. The lowest BCUT2D eigenvalue weighted by molar-refractivity contribution is -0.304. The molecule has 0 unspecified atom stereocenters. The minimum atomic E-state index is -1.21. The van der Waals surface area contributed by atoms with Crippen molar-refractivity contribution in [2.75, 3.05) is 10.6 Å². The van der Waals surface area contributed by atoms with Crippen LogP contribution < -0.4 is 15.7 Å². The molecule has 1 amide bonds. The molecular formula is C26H27FN3O3S-. The fourth-order valence-electron chi connectivity index (χ4n) is 4.34. The molecule has 1 aromatic heterocycles. The third kappa shape index (κ3) is 6.63. The summed E-state index contributed by atoms with van der Waals surface area (Å²) in [6.07, 6.45) is 6.83. The van der Waals surface area contributed by atoms with Gasteiger partial charge in [-0.05, 0) is 53.8 Å². The molecule has 3 aromatic rings. The maximum Gasteiger partial charge on any atom is 0.257 e. The summed E-state index contributed by atoms with van der Waals surface area (Å²) in [4.78, 5) is 27.2. The van der Waals surface area contributed by atoms with Gasteiger partial charge < -0.3 is 15.2 Å². The number of nitrogens with zero attached hydrogens (tertiary/aromatic N) is 1. The molecule has 1 aliphatic rings. The van der Waals surface area contributed by atoms with E-state index >= 15 is 0 Å². The van der Waals surface area contributed by atoms with Crippen molar-refractivity contribution in [3.63, 3.8) is 0 Å². The van der Waals surface area contributed by atoms with E-state index in [1.54, 1.807) is 29.6 Å². The number of hydrogen-bond acceptors (Lipinski definition) is 6. The summed E-state index contributed by atoms with van der Waals surface area (Å²) in [5.41, 5.74) is 3.79. The van der Waals surface area contributed by atoms with Crippen LogP contribution in [0.25, 0.3) is 0 Å². The third-order valence-electron chi connectivity index (χ3n) is 6.10. The highest BCUT2D eigenvalue weighted by molar-refractivity contribution is 7.14. The molecule has 2 aromatic carbocycles. The van der Waals surface area contributed by atoms with E-state index in [9.17, 15) is 19.1 Å². The average Bonchev–Trinajstić information content (AvgIpc) is 3.25. The number of rotatable bonds is 9. The van der Waals surface area contributed by atoms with E-state index < -0.39 is 5.97 Å². The fraction of sp³-hybridized carbons (Fsp3) is 0.346. The van der Waals surface area contributed by atoms with Crippen LogP contribution in [-0.2, 0) is 24.2 Å². The number of carboxylic acid groups (broad SMARTS) is 1. The van der Waals surface area contributed by atoms with Crippen molar-refractivity contribution in [3.8, 4) is 0 Å². The number of aliphatic carboxylic acids is 1. The Morgan fingerprint density at radius 1 is 1.09 bits per heavy atom. The number of hydrogen-bond donors (Lipinski definition) is 2. The summed E-state index contributed by atoms with van der Waals surface area (Å²) in [5.74, 6) is -1.13. The number of halogens is 1. The maximum absolute atomic E-state index is 13.9. The van der Waals surface area contributed by atoms with E-state index in [4.69, 9.17) is 0 Å². The third-order valence-corrected chi connectivity index (χ3v) is 6.90. The predicted octanol–water partition coefficient (Wildman–Crippen LogP) is 4.56. The van der Waals surface area contributed by atoms with Crippen LogP contribution in [0.4, 0.5) is 15.2 Å². The van der Waals surface area contributed by atoms with Gasteiger partial charge in [-0.15, -0.1) is 11.3 Å². The highest BCUT2D eigenvalue weighted by Crippen LogP contribution is 2.30. The van der Waals surface area contributed by atoms with Gasteiger partial charge in [0.25, 0.3) is 5.91 Å². The first-order chi connectivity index (χ1) is 16.5. The standard InChI is InChI=1S/C26H28FN3O3S/c27-21-10-11-23(20(13-21)12-17-4-2-1-3-5-17)28-15-18-6-8-19(9-7-18)25(33)30-26-29-22(16-34-26)14-24(31)32/h6-11,13,16-17,28H,1-5,12,14-15H2,(H,31,32)(H,29,30,33)/p-1. The van der Waals surface area contributed by atoms with Gasteiger partial charge in [-0.3, -0.25) is 10.1 Å². The van der Waals surface area contributed by atoms with Crippen molar-refractivity contribution in [3.05, 3.63) is 76.0 Å². The number of nitrogens with one attached hydrogen (secondary N) is 2. The van der Waals surface area contributed by atoms with Crippen LogP contribution in [0.15, 0.2) is 47.8 Å². The van der Waals surface area contributed by atoms with E-state index in [0.29, 0.717) is 28.9 Å². The van der Waals surface area contributed by atoms with Crippen molar-refractivity contribution >= 4 is 34.0 Å². The summed E-state index contributed by atoms with van der Waals surface area (Å²) in [6, 6.07) is 12.1. The molecule has 0 bridgehead atoms. The molecule has 1 aliphatic carbocycles. The minimum absolute atomic E-state index is 0.210. The molecule has 2 N–H and O–H groups in total. The van der Waals surface area contributed by atoms with Gasteiger partial charge in [0.2, 0.25) is 0 Å². The van der Waals surface area contributed by atoms with E-state index in [-0.39, 0.29) is 18.1 Å². The molecule has 0 aliphatic heterocycles. The second kappa shape index (κ2) is 11.2. The van der Waals surface area contributed by atoms with Gasteiger partial charge in [-0.1, -0.05) is 44.2 Å². The summed E-state index contributed by atoms with van der Waals surface area (Å²) < 4.78 is 13.9. The molecule has 6 nitrogen and oxygen atoms in total. The van der Waals surface area contributed by atoms with Crippen molar-refractivity contribution in [2.24, 2.45) is 5.92 Å². The van der Waals surface area contributed by atoms with E-state index in [0.717, 1.165) is 23.2 Å². The Labute approximate surface area is 202 Å². The zero-order valence-corrected chi connectivity index (χ0v) is 19.6. The number of aromatic nitrogens is 1. The zero-order valence-electron chi connectivity index (χ0n) is 18.8. The molecule has 0 atom stereocenters. The average molecular weight is 481 g/mol. The van der Waals surface area contributed by atoms with Crippen LogP contribution >= 0.6 is 11.3 Å². The number of carboxylic acids is 1. The van der Waals surface area contributed by atoms with E-state index in [1.807, 2.05) is 12.1 Å². The van der Waals surface area contributed by atoms with Crippen LogP contribution in [-0.4, -0.2) is 16.9 Å². The lowest BCUT2D eigenvalue weighted by Crippen LogP contribution is -2.24. The van der Waals surface area contributed by atoms with Gasteiger partial charge in [0.05, 0.1) is 5.69 Å². The molecule has 4 rings (SSSR count). The van der Waals surface area contributed by atoms with Gasteiger partial charge in [-0.2, -0.15) is 0 Å². The number of amides is 1. The molecule has 178 valence electrons. The monoisotopic (exact) mass is 480 g/mol. The van der Waals surface area contributed by atoms with Crippen molar-refractivity contribution in [2.45, 2.75) is 51.5 Å². The van der Waals surface area contributed by atoms with E-state index in [1.165, 1.54) is 49.5 Å². The van der Waals surface area contributed by atoms with Crippen molar-refractivity contribution in [1.82, 2.24) is 4.98 Å². The molecule has 0 radical (unpaired) electrons. The SMILES string of the molecule is O=C([O-])Cc1csc(NC(=O)c2ccc(CNc3ccc(F)cc3CC3CCCCC3)cc2)n1. The van der Waals surface area contributed by atoms with Gasteiger partial charge in [-0.25, -0.2) is 9.37 Å². The second-order valence-electron chi connectivity index (χ2n) is 8.71. The molecular weight excluding hydrogens is 453 g/mol. The highest BCUT2D eigenvalue weighted by Gasteiger charge is 2.16. The summed E-state index contributed by atoms with van der Waals surface area (Å²) in [7, 11) is 0. The fourth-order valence-corrected chi connectivity index (χ4v) is 5.05. The van der Waals surface area contributed by atoms with Gasteiger partial charge in [0, 0.05) is 35.6 Å². The second-order valence-corrected chi connectivity index (χ2v) is 9.57. The van der Waals surface area contributed by atoms with Gasteiger partial charge in [0.15, 0.2) is 5.13 Å². The molecule has 8 heteroatoms. The van der Waals surface area contributed by atoms with Crippen LogP contribution in [0.3, 0.4) is 0 Å². The molecule has 1 saturated carbocycles. The molecule has 1 fully saturated rings. The predicted molar refractivity (Wildman–Crippen MR) is 129 cm³/mol. The van der Waals surface area contributed by atoms with Crippen molar-refractivity contribution < 1.29 is 19.1 Å². The highest BCUT2D eigenvalue weighted by atomic mass is 32.1. The number of anilines is 2. The smallest absolute Gasteiger partial charge is 0.257 e. The quantitative estimate of drug-likeness (QED) is 0.468. The van der Waals surface area contributed by atoms with Crippen LogP contribution in [0.5, 0.6) is 0 Å². The first-order valence-corrected chi connectivity index (χ1v) is 12.4. The molecule has 0 spiro atoms. The first-order valence-electron chi connectivity index (χ1n) is 11.5. The van der Waals surface area contributed by atoms with Crippen LogP contribution in [0.1, 0.15) is 59.3 Å². The number of carbonyl (C=O) groups excluding carboxylic acids is 2. The first kappa shape index (κ1) is 23.9. The maximum atomic E-state index is 13.9. The van der Waals surface area contributed by atoms with Crippen LogP contribution in [0, 0.1) is 11.7 Å². The van der Waals surface area contributed by atoms with Gasteiger partial charge >= 0.3 is 0 Å². The van der Waals surface area contributed by atoms with Crippen molar-refractivity contribution in [1.29, 1.82) is 0 Å². The molecule has 1 heterocycles. The van der Waals surface area contributed by atoms with Crippen LogP contribution in [0.2, 0.25) is 0 Å². The van der Waals surface area contributed by atoms with Gasteiger partial charge in [0.1, 0.15) is 5.82 Å². The number of benzene rings is 2. The Balaban J connectivity index is 1.34. The Hall–Kier alpha value is -3.26. The van der Waals surface area contributed by atoms with E-state index in [2.05, 4.69) is 15.6 Å². The summed E-state index contributed by atoms with van der Waals surface area (Å²) in [5, 5.41) is 18.7. The normalized spacial score (nSPS) is 14.0. The summed E-state index contributed by atoms with van der Waals surface area (Å²) >= 11 is 1.17. The largest absolute Gasteiger partial charge is 0.550 e.